The molecule has 0 fully saturated rings. The molecule has 25 heavy (non-hydrogen) atoms. The van der Waals surface area contributed by atoms with E-state index in [-0.39, 0.29) is 5.91 Å². The topological polar surface area (TPSA) is 51.0 Å². The van der Waals surface area contributed by atoms with Crippen LogP contribution in [0, 0.1) is 5.92 Å². The van der Waals surface area contributed by atoms with Gasteiger partial charge < -0.3 is 4.90 Å². The lowest BCUT2D eigenvalue weighted by molar-refractivity contribution is -0.118. The Bertz CT molecular complexity index is 690. The van der Waals surface area contributed by atoms with Gasteiger partial charge in [-0.15, -0.1) is 0 Å². The number of anilines is 1. The Morgan fingerprint density at radius 1 is 1.44 bits per heavy atom. The first kappa shape index (κ1) is 19.8. The van der Waals surface area contributed by atoms with Gasteiger partial charge in [-0.3, -0.25) is 9.78 Å². The van der Waals surface area contributed by atoms with Crippen molar-refractivity contribution in [1.82, 2.24) is 14.8 Å². The summed E-state index contributed by atoms with van der Waals surface area (Å²) >= 11 is 8.06. The van der Waals surface area contributed by atoms with Gasteiger partial charge in [0.1, 0.15) is 5.69 Å². The molecule has 2 aromatic heterocycles. The Hall–Kier alpha value is -1.53. The smallest absolute Gasteiger partial charge is 0.228 e. The molecular formula is C18H25ClN4OS. The van der Waals surface area contributed by atoms with Crippen LogP contribution < -0.4 is 4.90 Å². The standard InChI is InChI=1S/C18H25ClN4OS/c1-5-22(17(24)10-15(25-4)9-13(2)3)16-12-23(21-18(16)19)14-7-6-8-20-11-14/h6-8,11-13,15H,5,9-10H2,1-4H3. The largest absolute Gasteiger partial charge is 0.308 e. The second-order valence-electron chi connectivity index (χ2n) is 6.29. The number of pyridine rings is 1. The van der Waals surface area contributed by atoms with E-state index >= 15 is 0 Å². The zero-order chi connectivity index (χ0) is 18.4. The van der Waals surface area contributed by atoms with Crippen LogP contribution in [0.4, 0.5) is 5.69 Å². The first-order chi connectivity index (χ1) is 12.0. The fraction of sp³-hybridized carbons (Fsp3) is 0.500. The van der Waals surface area contributed by atoms with Crippen molar-refractivity contribution in [3.05, 3.63) is 35.9 Å². The molecule has 1 amide bonds. The summed E-state index contributed by atoms with van der Waals surface area (Å²) in [6.07, 6.45) is 8.78. The minimum absolute atomic E-state index is 0.0788. The number of aromatic nitrogens is 3. The Balaban J connectivity index is 2.20. The Kier molecular flexibility index (Phi) is 7.32. The fourth-order valence-electron chi connectivity index (χ4n) is 2.72. The van der Waals surface area contributed by atoms with Gasteiger partial charge in [0, 0.05) is 24.4 Å². The van der Waals surface area contributed by atoms with E-state index in [1.165, 1.54) is 0 Å². The molecule has 0 spiro atoms. The minimum Gasteiger partial charge on any atom is -0.308 e. The van der Waals surface area contributed by atoms with Crippen molar-refractivity contribution in [2.45, 2.75) is 38.9 Å². The highest BCUT2D eigenvalue weighted by molar-refractivity contribution is 7.99. The second-order valence-corrected chi connectivity index (χ2v) is 7.79. The Morgan fingerprint density at radius 2 is 2.20 bits per heavy atom. The highest BCUT2D eigenvalue weighted by Crippen LogP contribution is 2.28. The third-order valence-corrected chi connectivity index (χ3v) is 5.23. The molecule has 2 heterocycles. The number of hydrogen-bond acceptors (Lipinski definition) is 4. The first-order valence-corrected chi connectivity index (χ1v) is 10.1. The minimum atomic E-state index is 0.0788. The molecular weight excluding hydrogens is 356 g/mol. The normalized spacial score (nSPS) is 12.4. The van der Waals surface area contributed by atoms with Crippen LogP contribution in [0.15, 0.2) is 30.7 Å². The number of nitrogens with zero attached hydrogens (tertiary/aromatic N) is 4. The SMILES string of the molecule is CCN(C(=O)CC(CC(C)C)SC)c1cn(-c2cccnc2)nc1Cl. The molecule has 0 saturated carbocycles. The molecule has 1 atom stereocenters. The van der Waals surface area contributed by atoms with E-state index in [0.29, 0.717) is 35.0 Å². The van der Waals surface area contributed by atoms with Gasteiger partial charge in [0.05, 0.1) is 18.1 Å². The summed E-state index contributed by atoms with van der Waals surface area (Å²) in [5, 5.41) is 4.96. The van der Waals surface area contributed by atoms with E-state index in [9.17, 15) is 4.79 Å². The van der Waals surface area contributed by atoms with Crippen LogP contribution in [0.1, 0.15) is 33.6 Å². The summed E-state index contributed by atoms with van der Waals surface area (Å²) in [6.45, 7) is 6.87. The number of carbonyl (C=O) groups is 1. The van der Waals surface area contributed by atoms with Gasteiger partial charge >= 0.3 is 0 Å². The lowest BCUT2D eigenvalue weighted by Gasteiger charge is -2.23. The molecule has 7 heteroatoms. The van der Waals surface area contributed by atoms with Crippen LogP contribution in [0.5, 0.6) is 0 Å². The maximum atomic E-state index is 12.8. The number of halogens is 1. The molecule has 0 aliphatic rings. The second kappa shape index (κ2) is 9.25. The number of rotatable bonds is 8. The fourth-order valence-corrected chi connectivity index (χ4v) is 3.84. The zero-order valence-electron chi connectivity index (χ0n) is 15.1. The molecule has 1 unspecified atom stereocenters. The van der Waals surface area contributed by atoms with Crippen LogP contribution in [-0.4, -0.2) is 38.7 Å². The molecule has 0 aliphatic heterocycles. The van der Waals surface area contributed by atoms with Crippen LogP contribution in [-0.2, 0) is 4.79 Å². The third-order valence-electron chi connectivity index (χ3n) is 3.94. The monoisotopic (exact) mass is 380 g/mol. The summed E-state index contributed by atoms with van der Waals surface area (Å²) in [5.74, 6) is 0.646. The highest BCUT2D eigenvalue weighted by atomic mass is 35.5. The molecule has 0 aromatic carbocycles. The Morgan fingerprint density at radius 3 is 2.76 bits per heavy atom. The highest BCUT2D eigenvalue weighted by Gasteiger charge is 2.23. The van der Waals surface area contributed by atoms with Crippen molar-refractivity contribution in [3.8, 4) is 5.69 Å². The van der Waals surface area contributed by atoms with Gasteiger partial charge in [-0.1, -0.05) is 25.4 Å². The number of carbonyl (C=O) groups excluding carboxylic acids is 1. The summed E-state index contributed by atoms with van der Waals surface area (Å²) in [7, 11) is 0. The van der Waals surface area contributed by atoms with E-state index < -0.39 is 0 Å². The van der Waals surface area contributed by atoms with Crippen molar-refractivity contribution in [2.24, 2.45) is 5.92 Å². The maximum absolute atomic E-state index is 12.8. The van der Waals surface area contributed by atoms with Gasteiger partial charge in [0.15, 0.2) is 5.15 Å². The zero-order valence-corrected chi connectivity index (χ0v) is 16.7. The van der Waals surface area contributed by atoms with Crippen LogP contribution in [0.25, 0.3) is 5.69 Å². The van der Waals surface area contributed by atoms with E-state index in [2.05, 4.69) is 30.2 Å². The lowest BCUT2D eigenvalue weighted by Crippen LogP contribution is -2.33. The molecule has 0 radical (unpaired) electrons. The molecule has 0 saturated heterocycles. The van der Waals surface area contributed by atoms with Crippen molar-refractivity contribution in [2.75, 3.05) is 17.7 Å². The van der Waals surface area contributed by atoms with Crippen molar-refractivity contribution in [1.29, 1.82) is 0 Å². The quantitative estimate of drug-likeness (QED) is 0.679. The molecule has 2 aromatic rings. The number of amides is 1. The van der Waals surface area contributed by atoms with Crippen LogP contribution in [0.3, 0.4) is 0 Å². The van der Waals surface area contributed by atoms with Gasteiger partial charge in [-0.25, -0.2) is 4.68 Å². The maximum Gasteiger partial charge on any atom is 0.228 e. The van der Waals surface area contributed by atoms with Gasteiger partial charge in [-0.2, -0.15) is 16.9 Å². The Labute approximate surface area is 158 Å². The van der Waals surface area contributed by atoms with Gasteiger partial charge in [-0.05, 0) is 37.7 Å². The predicted octanol–water partition coefficient (Wildman–Crippen LogP) is 4.44. The first-order valence-electron chi connectivity index (χ1n) is 8.45. The molecule has 0 aliphatic carbocycles. The van der Waals surface area contributed by atoms with E-state index in [0.717, 1.165) is 12.1 Å². The third kappa shape index (κ3) is 5.22. The molecule has 2 rings (SSSR count). The summed E-state index contributed by atoms with van der Waals surface area (Å²) < 4.78 is 1.65. The van der Waals surface area contributed by atoms with Gasteiger partial charge in [0.25, 0.3) is 0 Å². The van der Waals surface area contributed by atoms with Crippen molar-refractivity contribution in [3.63, 3.8) is 0 Å². The molecule has 5 nitrogen and oxygen atoms in total. The summed E-state index contributed by atoms with van der Waals surface area (Å²) in [4.78, 5) is 18.6. The molecule has 0 bridgehead atoms. The number of thioether (sulfide) groups is 1. The van der Waals surface area contributed by atoms with Crippen molar-refractivity contribution >= 4 is 35.0 Å². The van der Waals surface area contributed by atoms with E-state index in [1.54, 1.807) is 39.9 Å². The lowest BCUT2D eigenvalue weighted by atomic mass is 10.1. The average Bonchev–Trinajstić information content (AvgIpc) is 2.97. The molecule has 136 valence electrons. The van der Waals surface area contributed by atoms with E-state index in [1.807, 2.05) is 19.1 Å². The van der Waals surface area contributed by atoms with Crippen LogP contribution in [0.2, 0.25) is 5.15 Å². The molecule has 0 N–H and O–H groups in total. The van der Waals surface area contributed by atoms with Gasteiger partial charge in [0.2, 0.25) is 5.91 Å². The predicted molar refractivity (Wildman–Crippen MR) is 106 cm³/mol. The van der Waals surface area contributed by atoms with Crippen LogP contribution >= 0.6 is 23.4 Å². The summed E-state index contributed by atoms with van der Waals surface area (Å²) in [6, 6.07) is 3.73. The average molecular weight is 381 g/mol. The van der Waals surface area contributed by atoms with Crippen molar-refractivity contribution < 1.29 is 4.79 Å². The number of hydrogen-bond donors (Lipinski definition) is 0. The van der Waals surface area contributed by atoms with E-state index in [4.69, 9.17) is 11.6 Å². The summed E-state index contributed by atoms with van der Waals surface area (Å²) in [5.41, 5.74) is 1.45.